The third-order valence-corrected chi connectivity index (χ3v) is 5.95. The Kier molecular flexibility index (Phi) is 3.91. The van der Waals surface area contributed by atoms with Crippen molar-refractivity contribution in [3.8, 4) is 11.5 Å². The fourth-order valence-corrected chi connectivity index (χ4v) is 4.62. The number of rotatable bonds is 2. The first-order valence-electron chi connectivity index (χ1n) is 8.85. The minimum Gasteiger partial charge on any atom is -0.486 e. The molecule has 1 amide bonds. The van der Waals surface area contributed by atoms with Crippen LogP contribution in [0.4, 0.5) is 0 Å². The third-order valence-electron chi connectivity index (χ3n) is 5.95. The summed E-state index contributed by atoms with van der Waals surface area (Å²) in [6.07, 6.45) is 4.42. The zero-order chi connectivity index (χ0) is 16.7. The molecule has 2 aliphatic heterocycles. The first-order chi connectivity index (χ1) is 11.6. The molecular formula is C19H25NO4. The van der Waals surface area contributed by atoms with Crippen molar-refractivity contribution in [2.75, 3.05) is 26.9 Å². The van der Waals surface area contributed by atoms with Gasteiger partial charge in [-0.15, -0.1) is 0 Å². The summed E-state index contributed by atoms with van der Waals surface area (Å²) in [5.41, 5.74) is 0.783. The Balaban J connectivity index is 1.60. The normalized spacial score (nSPS) is 31.7. The van der Waals surface area contributed by atoms with E-state index in [2.05, 4.69) is 11.8 Å². The van der Waals surface area contributed by atoms with Crippen LogP contribution in [-0.2, 0) is 4.74 Å². The minimum atomic E-state index is 0.0712. The Morgan fingerprint density at radius 3 is 2.96 bits per heavy atom. The molecule has 0 aromatic heterocycles. The molecule has 1 saturated carbocycles. The van der Waals surface area contributed by atoms with E-state index in [1.807, 2.05) is 18.2 Å². The molecule has 5 nitrogen and oxygen atoms in total. The first kappa shape index (κ1) is 15.8. The molecule has 4 rings (SSSR count). The van der Waals surface area contributed by atoms with Crippen LogP contribution in [0.2, 0.25) is 0 Å². The van der Waals surface area contributed by atoms with E-state index in [0.717, 1.165) is 32.2 Å². The maximum atomic E-state index is 13.2. The zero-order valence-corrected chi connectivity index (χ0v) is 14.4. The summed E-state index contributed by atoms with van der Waals surface area (Å²) in [6.45, 7) is 4.14. The Bertz CT molecular complexity index is 646. The van der Waals surface area contributed by atoms with Gasteiger partial charge in [-0.05, 0) is 43.2 Å². The number of hydrogen-bond donors (Lipinski definition) is 0. The van der Waals surface area contributed by atoms with Gasteiger partial charge in [0.25, 0.3) is 5.91 Å². The monoisotopic (exact) mass is 331 g/mol. The molecule has 0 bridgehead atoms. The van der Waals surface area contributed by atoms with Gasteiger partial charge in [-0.3, -0.25) is 4.79 Å². The maximum Gasteiger partial charge on any atom is 0.258 e. The van der Waals surface area contributed by atoms with Crippen molar-refractivity contribution < 1.29 is 19.0 Å². The number of ether oxygens (including phenoxy) is 3. The molecule has 3 aliphatic rings. The van der Waals surface area contributed by atoms with Crippen LogP contribution in [0, 0.1) is 5.41 Å². The number of methoxy groups -OCH3 is 1. The van der Waals surface area contributed by atoms with E-state index in [1.54, 1.807) is 7.11 Å². The number of para-hydroxylation sites is 1. The van der Waals surface area contributed by atoms with Crippen LogP contribution < -0.4 is 9.47 Å². The van der Waals surface area contributed by atoms with Crippen molar-refractivity contribution in [2.24, 2.45) is 5.41 Å². The van der Waals surface area contributed by atoms with Gasteiger partial charge in [0.15, 0.2) is 11.5 Å². The van der Waals surface area contributed by atoms with Crippen molar-refractivity contribution in [2.45, 2.75) is 44.8 Å². The van der Waals surface area contributed by atoms with E-state index in [9.17, 15) is 4.79 Å². The van der Waals surface area contributed by atoms with E-state index >= 15 is 0 Å². The number of likely N-dealkylation sites (tertiary alicyclic amines) is 1. The highest BCUT2D eigenvalue weighted by Crippen LogP contribution is 2.48. The summed E-state index contributed by atoms with van der Waals surface area (Å²) in [5.74, 6) is 1.35. The number of benzene rings is 1. The molecule has 0 unspecified atom stereocenters. The minimum absolute atomic E-state index is 0.0712. The summed E-state index contributed by atoms with van der Waals surface area (Å²) in [4.78, 5) is 15.3. The Hall–Kier alpha value is -1.75. The molecule has 1 aromatic rings. The highest BCUT2D eigenvalue weighted by molar-refractivity contribution is 5.98. The lowest BCUT2D eigenvalue weighted by Gasteiger charge is -2.42. The van der Waals surface area contributed by atoms with Gasteiger partial charge in [0.1, 0.15) is 13.2 Å². The second kappa shape index (κ2) is 5.96. The van der Waals surface area contributed by atoms with Gasteiger partial charge < -0.3 is 19.1 Å². The van der Waals surface area contributed by atoms with Crippen molar-refractivity contribution >= 4 is 5.91 Å². The van der Waals surface area contributed by atoms with Crippen LogP contribution in [0.3, 0.4) is 0 Å². The van der Waals surface area contributed by atoms with Crippen LogP contribution in [0.1, 0.15) is 43.0 Å². The second-order valence-corrected chi connectivity index (χ2v) is 7.39. The van der Waals surface area contributed by atoms with Crippen molar-refractivity contribution in [1.82, 2.24) is 4.90 Å². The lowest BCUT2D eigenvalue weighted by molar-refractivity contribution is -0.00287. The highest BCUT2D eigenvalue weighted by Gasteiger charge is 2.49. The molecule has 24 heavy (non-hydrogen) atoms. The zero-order valence-electron chi connectivity index (χ0n) is 14.4. The van der Waals surface area contributed by atoms with Crippen molar-refractivity contribution in [3.63, 3.8) is 0 Å². The van der Waals surface area contributed by atoms with E-state index in [-0.39, 0.29) is 17.4 Å². The molecule has 1 saturated heterocycles. The molecule has 130 valence electrons. The molecule has 2 heterocycles. The van der Waals surface area contributed by atoms with E-state index in [4.69, 9.17) is 14.2 Å². The maximum absolute atomic E-state index is 13.2. The third kappa shape index (κ3) is 2.46. The van der Waals surface area contributed by atoms with E-state index in [1.165, 1.54) is 0 Å². The first-order valence-corrected chi connectivity index (χ1v) is 8.85. The average Bonchev–Trinajstić information content (AvgIpc) is 2.96. The Labute approximate surface area is 142 Å². The van der Waals surface area contributed by atoms with Gasteiger partial charge in [0.2, 0.25) is 0 Å². The van der Waals surface area contributed by atoms with Crippen molar-refractivity contribution in [3.05, 3.63) is 23.8 Å². The predicted octanol–water partition coefficient (Wildman–Crippen LogP) is 2.88. The summed E-state index contributed by atoms with van der Waals surface area (Å²) in [5, 5.41) is 0. The van der Waals surface area contributed by atoms with Gasteiger partial charge in [-0.2, -0.15) is 0 Å². The fraction of sp³-hybridized carbons (Fsp3) is 0.632. The summed E-state index contributed by atoms with van der Waals surface area (Å²) in [7, 11) is 1.79. The lowest BCUT2D eigenvalue weighted by Crippen LogP contribution is -2.46. The van der Waals surface area contributed by atoms with Gasteiger partial charge in [-0.1, -0.05) is 13.0 Å². The quantitative estimate of drug-likeness (QED) is 0.836. The molecule has 5 heteroatoms. The topological polar surface area (TPSA) is 48.0 Å². The highest BCUT2D eigenvalue weighted by atomic mass is 16.6. The van der Waals surface area contributed by atoms with Crippen LogP contribution in [0.15, 0.2) is 18.2 Å². The van der Waals surface area contributed by atoms with Crippen LogP contribution in [0.25, 0.3) is 0 Å². The van der Waals surface area contributed by atoms with Crippen LogP contribution in [-0.4, -0.2) is 49.8 Å². The van der Waals surface area contributed by atoms with Gasteiger partial charge in [-0.25, -0.2) is 0 Å². The summed E-state index contributed by atoms with van der Waals surface area (Å²) < 4.78 is 16.9. The van der Waals surface area contributed by atoms with Gasteiger partial charge >= 0.3 is 0 Å². The SMILES string of the molecule is CO[C@@H]1CC[C@H]2N(C(=O)c3cccc4c3OCCO4)CC[C@@]2(C)C1. The number of carbonyl (C=O) groups is 1. The fourth-order valence-electron chi connectivity index (χ4n) is 4.62. The molecule has 0 radical (unpaired) electrons. The largest absolute Gasteiger partial charge is 0.486 e. The Morgan fingerprint density at radius 2 is 2.12 bits per heavy atom. The molecule has 0 N–H and O–H groups in total. The number of carbonyl (C=O) groups excluding carboxylic acids is 1. The number of hydrogen-bond acceptors (Lipinski definition) is 4. The molecule has 1 aliphatic carbocycles. The van der Waals surface area contributed by atoms with E-state index in [0.29, 0.717) is 36.4 Å². The van der Waals surface area contributed by atoms with Gasteiger partial charge in [0.05, 0.1) is 11.7 Å². The lowest BCUT2D eigenvalue weighted by atomic mass is 9.71. The molecular weight excluding hydrogens is 306 g/mol. The summed E-state index contributed by atoms with van der Waals surface area (Å²) in [6, 6.07) is 5.88. The van der Waals surface area contributed by atoms with Gasteiger partial charge in [0, 0.05) is 19.7 Å². The standard InChI is InChI=1S/C19H25NO4/c1-19-8-9-20(16(19)7-6-13(12-19)22-2)18(21)14-4-3-5-15-17(14)24-11-10-23-15/h3-5,13,16H,6-12H2,1-2H3/t13-,16-,19+/m1/s1. The summed E-state index contributed by atoms with van der Waals surface area (Å²) >= 11 is 0. The predicted molar refractivity (Wildman–Crippen MR) is 89.6 cm³/mol. The molecule has 1 aromatic carbocycles. The number of nitrogens with zero attached hydrogens (tertiary/aromatic N) is 1. The van der Waals surface area contributed by atoms with Crippen molar-refractivity contribution in [1.29, 1.82) is 0 Å². The van der Waals surface area contributed by atoms with E-state index < -0.39 is 0 Å². The Morgan fingerprint density at radius 1 is 1.29 bits per heavy atom. The number of amides is 1. The number of fused-ring (bicyclic) bond motifs is 2. The second-order valence-electron chi connectivity index (χ2n) is 7.39. The molecule has 3 atom stereocenters. The smallest absolute Gasteiger partial charge is 0.258 e. The average molecular weight is 331 g/mol. The van der Waals surface area contributed by atoms with Crippen LogP contribution in [0.5, 0.6) is 11.5 Å². The molecule has 0 spiro atoms. The van der Waals surface area contributed by atoms with Crippen LogP contribution >= 0.6 is 0 Å². The molecule has 2 fully saturated rings.